The molecule has 0 aromatic carbocycles. The maximum Gasteiger partial charge on any atom is 0.0839 e. The lowest BCUT2D eigenvalue weighted by atomic mass is 10.1. The lowest BCUT2D eigenvalue weighted by Gasteiger charge is -2.21. The Balaban J connectivity index is 1.95. The molecule has 3 heteroatoms. The molecule has 0 bridgehead atoms. The Labute approximate surface area is 282 Å². The van der Waals surface area contributed by atoms with Crippen LogP contribution in [0.25, 0.3) is 0 Å². The fraction of sp³-hybridized carbons (Fsp3) is 0.810. The van der Waals surface area contributed by atoms with Crippen LogP contribution >= 0.6 is 0 Å². The van der Waals surface area contributed by atoms with Gasteiger partial charge in [-0.05, 0) is 102 Å². The summed E-state index contributed by atoms with van der Waals surface area (Å²) in [6.45, 7) is 7.04. The van der Waals surface area contributed by atoms with Crippen molar-refractivity contribution in [3.05, 3.63) is 48.6 Å². The summed E-state index contributed by atoms with van der Waals surface area (Å²) in [5.74, 6) is 0.562. The molecule has 262 valence electrons. The highest BCUT2D eigenvalue weighted by Crippen LogP contribution is 2.30. The van der Waals surface area contributed by atoms with Crippen LogP contribution in [0.2, 0.25) is 0 Å². The molecular formula is C42H77NO2. The zero-order valence-electron chi connectivity index (χ0n) is 30.3. The number of nitrogens with two attached hydrogens (primary N) is 1. The predicted octanol–water partition coefficient (Wildman–Crippen LogP) is 12.8. The van der Waals surface area contributed by atoms with Crippen molar-refractivity contribution >= 4 is 0 Å². The molecule has 45 heavy (non-hydrogen) atoms. The summed E-state index contributed by atoms with van der Waals surface area (Å²) >= 11 is 0. The van der Waals surface area contributed by atoms with Gasteiger partial charge < -0.3 is 15.2 Å². The van der Waals surface area contributed by atoms with E-state index in [4.69, 9.17) is 15.2 Å². The smallest absolute Gasteiger partial charge is 0.0839 e. The molecule has 0 amide bonds. The van der Waals surface area contributed by atoms with Crippen molar-refractivity contribution in [1.82, 2.24) is 0 Å². The van der Waals surface area contributed by atoms with E-state index < -0.39 is 0 Å². The van der Waals surface area contributed by atoms with Crippen LogP contribution in [-0.2, 0) is 9.47 Å². The molecule has 3 nitrogen and oxygen atoms in total. The lowest BCUT2D eigenvalue weighted by molar-refractivity contribution is -0.0578. The summed E-state index contributed by atoms with van der Waals surface area (Å²) in [6, 6.07) is 0. The van der Waals surface area contributed by atoms with E-state index >= 15 is 0 Å². The molecule has 2 N–H and O–H groups in total. The van der Waals surface area contributed by atoms with Gasteiger partial charge in [0.1, 0.15) is 0 Å². The van der Waals surface area contributed by atoms with E-state index in [0.29, 0.717) is 5.92 Å². The second-order valence-corrected chi connectivity index (χ2v) is 13.6. The SMILES string of the molecule is CCCCC/C=C\C/C=C\CCCCCCCCO[C@H]1CC(CN)C[C@H]1OCCCCCCCC/C=C\C/C=C\CCCCC. The van der Waals surface area contributed by atoms with Gasteiger partial charge in [-0.3, -0.25) is 0 Å². The molecule has 0 spiro atoms. The van der Waals surface area contributed by atoms with E-state index in [1.165, 1.54) is 141 Å². The Kier molecular flexibility index (Phi) is 31.8. The Morgan fingerprint density at radius 3 is 1.13 bits per heavy atom. The van der Waals surface area contributed by atoms with Crippen LogP contribution in [0, 0.1) is 5.92 Å². The molecule has 0 radical (unpaired) electrons. The van der Waals surface area contributed by atoms with Gasteiger partial charge in [0.15, 0.2) is 0 Å². The molecule has 0 aromatic heterocycles. The number of rotatable bonds is 33. The average molecular weight is 628 g/mol. The normalized spacial score (nSPS) is 19.0. The molecule has 0 heterocycles. The zero-order valence-corrected chi connectivity index (χ0v) is 30.3. The number of ether oxygens (including phenoxy) is 2. The maximum atomic E-state index is 6.35. The van der Waals surface area contributed by atoms with E-state index in [9.17, 15) is 0 Å². The van der Waals surface area contributed by atoms with Crippen molar-refractivity contribution in [1.29, 1.82) is 0 Å². The second kappa shape index (κ2) is 34.2. The van der Waals surface area contributed by atoms with Crippen molar-refractivity contribution in [2.45, 2.75) is 193 Å². The van der Waals surface area contributed by atoms with Crippen molar-refractivity contribution in [3.63, 3.8) is 0 Å². The van der Waals surface area contributed by atoms with Crippen molar-refractivity contribution in [2.24, 2.45) is 11.7 Å². The first kappa shape index (κ1) is 41.9. The topological polar surface area (TPSA) is 44.5 Å². The molecule has 1 saturated carbocycles. The van der Waals surface area contributed by atoms with E-state index in [2.05, 4.69) is 62.5 Å². The van der Waals surface area contributed by atoms with Gasteiger partial charge in [0, 0.05) is 13.2 Å². The van der Waals surface area contributed by atoms with Crippen LogP contribution < -0.4 is 5.73 Å². The number of unbranched alkanes of at least 4 members (excludes halogenated alkanes) is 18. The van der Waals surface area contributed by atoms with Gasteiger partial charge in [-0.15, -0.1) is 0 Å². The highest BCUT2D eigenvalue weighted by atomic mass is 16.5. The third-order valence-electron chi connectivity index (χ3n) is 9.23. The fourth-order valence-electron chi connectivity index (χ4n) is 6.25. The van der Waals surface area contributed by atoms with Gasteiger partial charge in [-0.25, -0.2) is 0 Å². The van der Waals surface area contributed by atoms with Gasteiger partial charge in [0.05, 0.1) is 12.2 Å². The van der Waals surface area contributed by atoms with Gasteiger partial charge in [0.25, 0.3) is 0 Å². The molecule has 1 aliphatic rings. The molecule has 1 fully saturated rings. The molecule has 0 aromatic rings. The van der Waals surface area contributed by atoms with Crippen LogP contribution in [0.3, 0.4) is 0 Å². The first-order valence-electron chi connectivity index (χ1n) is 19.8. The van der Waals surface area contributed by atoms with Crippen molar-refractivity contribution < 1.29 is 9.47 Å². The Morgan fingerprint density at radius 2 is 0.778 bits per heavy atom. The third kappa shape index (κ3) is 27.6. The average Bonchev–Trinajstić information content (AvgIpc) is 3.45. The van der Waals surface area contributed by atoms with E-state index in [1.807, 2.05) is 0 Å². The first-order chi connectivity index (χ1) is 22.3. The van der Waals surface area contributed by atoms with Gasteiger partial charge >= 0.3 is 0 Å². The van der Waals surface area contributed by atoms with Crippen LogP contribution in [0.1, 0.15) is 181 Å². The van der Waals surface area contributed by atoms with Crippen LogP contribution in [0.4, 0.5) is 0 Å². The Hall–Kier alpha value is -1.16. The molecule has 0 saturated heterocycles. The summed E-state index contributed by atoms with van der Waals surface area (Å²) in [5.41, 5.74) is 6.02. The third-order valence-corrected chi connectivity index (χ3v) is 9.23. The number of allylic oxidation sites excluding steroid dienone is 8. The Morgan fingerprint density at radius 1 is 0.444 bits per heavy atom. The highest BCUT2D eigenvalue weighted by molar-refractivity contribution is 4.93. The van der Waals surface area contributed by atoms with Crippen molar-refractivity contribution in [3.8, 4) is 0 Å². The largest absolute Gasteiger partial charge is 0.376 e. The standard InChI is InChI=1S/C42H77NO2/c1-3-5-7-9-11-13-15-17-19-21-23-25-27-29-31-33-35-44-41-37-40(39-43)38-42(41)45-36-34-32-30-28-26-24-22-20-18-16-14-12-10-8-6-4-2/h11-14,17-20,40-42H,3-10,15-16,21-39,43H2,1-2H3/b13-11-,14-12-,19-17-,20-18-/t40?,41-,42+. The monoisotopic (exact) mass is 628 g/mol. The predicted molar refractivity (Wildman–Crippen MR) is 200 cm³/mol. The maximum absolute atomic E-state index is 6.35. The van der Waals surface area contributed by atoms with Crippen LogP contribution in [0.15, 0.2) is 48.6 Å². The minimum Gasteiger partial charge on any atom is -0.376 e. The minimum absolute atomic E-state index is 0.251. The summed E-state index contributed by atoms with van der Waals surface area (Å²) in [4.78, 5) is 0. The molecule has 1 rings (SSSR count). The van der Waals surface area contributed by atoms with E-state index in [-0.39, 0.29) is 12.2 Å². The molecule has 1 unspecified atom stereocenters. The quantitative estimate of drug-likeness (QED) is 0.0581. The molecule has 1 aliphatic carbocycles. The minimum atomic E-state index is 0.251. The number of hydrogen-bond acceptors (Lipinski definition) is 3. The van der Waals surface area contributed by atoms with Crippen molar-refractivity contribution in [2.75, 3.05) is 19.8 Å². The summed E-state index contributed by atoms with van der Waals surface area (Å²) in [6.07, 6.45) is 52.2. The molecule has 0 aliphatic heterocycles. The highest BCUT2D eigenvalue weighted by Gasteiger charge is 2.34. The zero-order chi connectivity index (χ0) is 32.3. The van der Waals surface area contributed by atoms with Crippen LogP contribution in [0.5, 0.6) is 0 Å². The lowest BCUT2D eigenvalue weighted by Crippen LogP contribution is -2.27. The van der Waals surface area contributed by atoms with E-state index in [1.54, 1.807) is 0 Å². The van der Waals surface area contributed by atoms with Gasteiger partial charge in [0.2, 0.25) is 0 Å². The Bertz CT molecular complexity index is 653. The summed E-state index contributed by atoms with van der Waals surface area (Å²) in [5, 5.41) is 0. The summed E-state index contributed by atoms with van der Waals surface area (Å²) < 4.78 is 12.7. The van der Waals surface area contributed by atoms with Gasteiger partial charge in [-0.2, -0.15) is 0 Å². The van der Waals surface area contributed by atoms with Crippen LogP contribution in [-0.4, -0.2) is 32.0 Å². The molecule has 3 atom stereocenters. The van der Waals surface area contributed by atoms with Gasteiger partial charge in [-0.1, -0.05) is 140 Å². The first-order valence-corrected chi connectivity index (χ1v) is 19.8. The fourth-order valence-corrected chi connectivity index (χ4v) is 6.25. The molecular weight excluding hydrogens is 550 g/mol. The summed E-state index contributed by atoms with van der Waals surface area (Å²) in [7, 11) is 0. The number of hydrogen-bond donors (Lipinski definition) is 1. The van der Waals surface area contributed by atoms with E-state index in [0.717, 1.165) is 45.4 Å². The second-order valence-electron chi connectivity index (χ2n) is 13.6.